The van der Waals surface area contributed by atoms with Gasteiger partial charge in [0.2, 0.25) is 0 Å². The molecule has 0 saturated carbocycles. The van der Waals surface area contributed by atoms with E-state index in [4.69, 9.17) is 4.74 Å². The molecular formula is C13H20N2O. The third kappa shape index (κ3) is 2.89. The van der Waals surface area contributed by atoms with Crippen molar-refractivity contribution in [1.82, 2.24) is 5.32 Å². The number of anilines is 1. The number of rotatable bonds is 4. The molecule has 3 nitrogen and oxygen atoms in total. The highest BCUT2D eigenvalue weighted by molar-refractivity contribution is 5.56. The van der Waals surface area contributed by atoms with Gasteiger partial charge in [0.05, 0.1) is 12.8 Å². The Morgan fingerprint density at radius 2 is 2.06 bits per heavy atom. The van der Waals surface area contributed by atoms with Crippen LogP contribution in [0.15, 0.2) is 24.3 Å². The van der Waals surface area contributed by atoms with E-state index in [1.54, 1.807) is 7.11 Å². The lowest BCUT2D eigenvalue weighted by Gasteiger charge is -2.23. The van der Waals surface area contributed by atoms with Crippen molar-refractivity contribution < 1.29 is 4.74 Å². The molecule has 1 heterocycles. The molecule has 88 valence electrons. The summed E-state index contributed by atoms with van der Waals surface area (Å²) in [5.74, 6) is 1.71. The summed E-state index contributed by atoms with van der Waals surface area (Å²) in [6, 6.07) is 8.09. The van der Waals surface area contributed by atoms with Gasteiger partial charge in [-0.3, -0.25) is 0 Å². The lowest BCUT2D eigenvalue weighted by atomic mass is 9.98. The molecule has 0 bridgehead atoms. The minimum Gasteiger partial charge on any atom is -0.495 e. The van der Waals surface area contributed by atoms with Crippen LogP contribution in [0.5, 0.6) is 5.75 Å². The molecule has 1 saturated heterocycles. The Bertz CT molecular complexity index is 321. The Hall–Kier alpha value is -1.22. The van der Waals surface area contributed by atoms with Gasteiger partial charge in [0, 0.05) is 6.54 Å². The molecule has 2 N–H and O–H groups in total. The topological polar surface area (TPSA) is 33.3 Å². The standard InChI is InChI=1S/C13H20N2O/c1-16-13-5-3-2-4-12(13)15-10-11-6-8-14-9-7-11/h2-5,11,14-15H,6-10H2,1H3. The van der Waals surface area contributed by atoms with Gasteiger partial charge in [-0.2, -0.15) is 0 Å². The fraction of sp³-hybridized carbons (Fsp3) is 0.538. The van der Waals surface area contributed by atoms with Gasteiger partial charge in [0.1, 0.15) is 5.75 Å². The van der Waals surface area contributed by atoms with Gasteiger partial charge in [0.25, 0.3) is 0 Å². The number of ether oxygens (including phenoxy) is 1. The van der Waals surface area contributed by atoms with E-state index in [1.165, 1.54) is 12.8 Å². The quantitative estimate of drug-likeness (QED) is 0.815. The van der Waals surface area contributed by atoms with Crippen LogP contribution in [0.25, 0.3) is 0 Å². The first kappa shape index (κ1) is 11.3. The molecule has 0 spiro atoms. The first-order valence-corrected chi connectivity index (χ1v) is 5.98. The number of benzene rings is 1. The number of hydrogen-bond acceptors (Lipinski definition) is 3. The monoisotopic (exact) mass is 220 g/mol. The maximum absolute atomic E-state index is 5.31. The van der Waals surface area contributed by atoms with E-state index in [-0.39, 0.29) is 0 Å². The van der Waals surface area contributed by atoms with E-state index in [0.717, 1.165) is 37.0 Å². The van der Waals surface area contributed by atoms with Crippen molar-refractivity contribution in [3.63, 3.8) is 0 Å². The first-order valence-electron chi connectivity index (χ1n) is 5.98. The normalized spacial score (nSPS) is 17.1. The number of para-hydroxylation sites is 2. The van der Waals surface area contributed by atoms with Crippen LogP contribution in [-0.2, 0) is 0 Å². The lowest BCUT2D eigenvalue weighted by Crippen LogP contribution is -2.31. The molecule has 1 aliphatic rings. The second-order valence-corrected chi connectivity index (χ2v) is 4.27. The third-order valence-electron chi connectivity index (χ3n) is 3.15. The van der Waals surface area contributed by atoms with Crippen LogP contribution in [0, 0.1) is 5.92 Å². The molecule has 0 radical (unpaired) electrons. The zero-order valence-electron chi connectivity index (χ0n) is 9.83. The molecule has 1 aromatic rings. The predicted molar refractivity (Wildman–Crippen MR) is 67.1 cm³/mol. The van der Waals surface area contributed by atoms with Gasteiger partial charge in [-0.25, -0.2) is 0 Å². The van der Waals surface area contributed by atoms with E-state index in [9.17, 15) is 0 Å². The Kier molecular flexibility index (Phi) is 4.05. The predicted octanol–water partition coefficient (Wildman–Crippen LogP) is 2.11. The SMILES string of the molecule is COc1ccccc1NCC1CCNCC1. The number of piperidine rings is 1. The number of nitrogens with one attached hydrogen (secondary N) is 2. The van der Waals surface area contributed by atoms with Crippen molar-refractivity contribution in [3.8, 4) is 5.75 Å². The van der Waals surface area contributed by atoms with Crippen LogP contribution in [0.4, 0.5) is 5.69 Å². The van der Waals surface area contributed by atoms with Crippen LogP contribution in [0.3, 0.4) is 0 Å². The van der Waals surface area contributed by atoms with Crippen molar-refractivity contribution in [1.29, 1.82) is 0 Å². The van der Waals surface area contributed by atoms with Crippen LogP contribution in [-0.4, -0.2) is 26.7 Å². The van der Waals surface area contributed by atoms with Gasteiger partial charge >= 0.3 is 0 Å². The summed E-state index contributed by atoms with van der Waals surface area (Å²) in [6.45, 7) is 3.35. The largest absolute Gasteiger partial charge is 0.495 e. The molecule has 1 fully saturated rings. The van der Waals surface area contributed by atoms with E-state index in [0.29, 0.717) is 0 Å². The second-order valence-electron chi connectivity index (χ2n) is 4.27. The molecule has 0 atom stereocenters. The highest BCUT2D eigenvalue weighted by Gasteiger charge is 2.12. The molecule has 0 unspecified atom stereocenters. The van der Waals surface area contributed by atoms with E-state index < -0.39 is 0 Å². The van der Waals surface area contributed by atoms with Crippen LogP contribution in [0.2, 0.25) is 0 Å². The van der Waals surface area contributed by atoms with E-state index in [2.05, 4.69) is 16.7 Å². The van der Waals surface area contributed by atoms with Crippen LogP contribution in [0.1, 0.15) is 12.8 Å². The van der Waals surface area contributed by atoms with Gasteiger partial charge in [-0.05, 0) is 44.0 Å². The summed E-state index contributed by atoms with van der Waals surface area (Å²) in [5.41, 5.74) is 1.10. The minimum atomic E-state index is 0.783. The van der Waals surface area contributed by atoms with Crippen molar-refractivity contribution in [2.75, 3.05) is 32.1 Å². The molecule has 2 rings (SSSR count). The van der Waals surface area contributed by atoms with Crippen molar-refractivity contribution >= 4 is 5.69 Å². The van der Waals surface area contributed by atoms with Crippen LogP contribution >= 0.6 is 0 Å². The zero-order chi connectivity index (χ0) is 11.2. The van der Waals surface area contributed by atoms with Crippen molar-refractivity contribution in [2.24, 2.45) is 5.92 Å². The third-order valence-corrected chi connectivity index (χ3v) is 3.15. The van der Waals surface area contributed by atoms with Crippen molar-refractivity contribution in [2.45, 2.75) is 12.8 Å². The summed E-state index contributed by atoms with van der Waals surface area (Å²) in [5, 5.41) is 6.86. The molecule has 0 amide bonds. The molecule has 16 heavy (non-hydrogen) atoms. The Labute approximate surface area is 97.2 Å². The van der Waals surface area contributed by atoms with Gasteiger partial charge in [-0.1, -0.05) is 12.1 Å². The van der Waals surface area contributed by atoms with Gasteiger partial charge < -0.3 is 15.4 Å². The molecule has 0 aromatic heterocycles. The van der Waals surface area contributed by atoms with Gasteiger partial charge in [0.15, 0.2) is 0 Å². The molecule has 0 aliphatic carbocycles. The fourth-order valence-corrected chi connectivity index (χ4v) is 2.13. The summed E-state index contributed by atoms with van der Waals surface area (Å²) in [4.78, 5) is 0. The first-order chi connectivity index (χ1) is 7.90. The Morgan fingerprint density at radius 1 is 1.31 bits per heavy atom. The summed E-state index contributed by atoms with van der Waals surface area (Å²) < 4.78 is 5.31. The van der Waals surface area contributed by atoms with E-state index >= 15 is 0 Å². The lowest BCUT2D eigenvalue weighted by molar-refractivity contribution is 0.388. The second kappa shape index (κ2) is 5.75. The maximum atomic E-state index is 5.31. The molecule has 1 aromatic carbocycles. The summed E-state index contributed by atoms with van der Waals surface area (Å²) in [6.07, 6.45) is 2.53. The van der Waals surface area contributed by atoms with Gasteiger partial charge in [-0.15, -0.1) is 0 Å². The fourth-order valence-electron chi connectivity index (χ4n) is 2.13. The highest BCUT2D eigenvalue weighted by atomic mass is 16.5. The zero-order valence-corrected chi connectivity index (χ0v) is 9.83. The average Bonchev–Trinajstić information content (AvgIpc) is 2.38. The Morgan fingerprint density at radius 3 is 2.81 bits per heavy atom. The molecular weight excluding hydrogens is 200 g/mol. The number of hydrogen-bond donors (Lipinski definition) is 2. The smallest absolute Gasteiger partial charge is 0.141 e. The van der Waals surface area contributed by atoms with Crippen molar-refractivity contribution in [3.05, 3.63) is 24.3 Å². The summed E-state index contributed by atoms with van der Waals surface area (Å²) >= 11 is 0. The highest BCUT2D eigenvalue weighted by Crippen LogP contribution is 2.24. The summed E-state index contributed by atoms with van der Waals surface area (Å²) in [7, 11) is 1.71. The Balaban J connectivity index is 1.88. The number of methoxy groups -OCH3 is 1. The minimum absolute atomic E-state index is 0.783. The molecule has 1 aliphatic heterocycles. The maximum Gasteiger partial charge on any atom is 0.141 e. The van der Waals surface area contributed by atoms with Crippen LogP contribution < -0.4 is 15.4 Å². The molecule has 3 heteroatoms. The average molecular weight is 220 g/mol. The van der Waals surface area contributed by atoms with E-state index in [1.807, 2.05) is 18.2 Å².